The van der Waals surface area contributed by atoms with Crippen LogP contribution in [0.1, 0.15) is 32.4 Å². The van der Waals surface area contributed by atoms with E-state index >= 15 is 4.39 Å². The lowest BCUT2D eigenvalue weighted by atomic mass is 10.1. The van der Waals surface area contributed by atoms with E-state index in [1.54, 1.807) is 19.2 Å². The molecule has 234 valence electrons. The number of aromatic nitrogens is 4. The second-order valence-corrected chi connectivity index (χ2v) is 12.0. The zero-order valence-electron chi connectivity index (χ0n) is 25.2. The minimum atomic E-state index is -0.861. The van der Waals surface area contributed by atoms with Crippen molar-refractivity contribution in [1.82, 2.24) is 19.5 Å². The first-order chi connectivity index (χ1) is 21.6. The zero-order chi connectivity index (χ0) is 31.7. The lowest BCUT2D eigenvalue weighted by molar-refractivity contribution is -0.237. The van der Waals surface area contributed by atoms with Crippen molar-refractivity contribution in [3.8, 4) is 11.5 Å². The minimum absolute atomic E-state index is 0.148. The number of pyridine rings is 1. The molecular formula is C33H32Cl2FN5O4. The summed E-state index contributed by atoms with van der Waals surface area (Å²) in [5, 5.41) is 4.97. The van der Waals surface area contributed by atoms with Crippen LogP contribution < -0.4 is 14.8 Å². The van der Waals surface area contributed by atoms with Gasteiger partial charge in [0, 0.05) is 30.3 Å². The van der Waals surface area contributed by atoms with Crippen molar-refractivity contribution in [2.24, 2.45) is 0 Å². The molecule has 2 aromatic carbocycles. The van der Waals surface area contributed by atoms with E-state index in [4.69, 9.17) is 42.1 Å². The highest BCUT2D eigenvalue weighted by atomic mass is 35.5. The molecule has 0 saturated carbocycles. The SMILES string of the molecule is COc1ccc(CNc2nc3cc(OC/C4=C/[C@@H](n5ccc6c(Cl)ncnc65)[C@@H](C)OC(C)(C)OC4)cc(F)c3cc2Cl)cc1. The predicted molar refractivity (Wildman–Crippen MR) is 173 cm³/mol. The molecule has 1 N–H and O–H groups in total. The Hall–Kier alpha value is -3.96. The number of nitrogens with one attached hydrogen (secondary N) is 1. The average molecular weight is 653 g/mol. The topological polar surface area (TPSA) is 92.6 Å². The Morgan fingerprint density at radius 1 is 1.07 bits per heavy atom. The molecule has 1 aliphatic heterocycles. The van der Waals surface area contributed by atoms with Crippen molar-refractivity contribution in [3.05, 3.63) is 94.3 Å². The van der Waals surface area contributed by atoms with Crippen LogP contribution in [0, 0.1) is 5.82 Å². The fourth-order valence-corrected chi connectivity index (χ4v) is 5.73. The smallest absolute Gasteiger partial charge is 0.163 e. The maximum Gasteiger partial charge on any atom is 0.163 e. The molecule has 1 aliphatic rings. The Kier molecular flexibility index (Phi) is 8.83. The lowest BCUT2D eigenvalue weighted by Crippen LogP contribution is -2.39. The molecule has 0 spiro atoms. The molecule has 0 aliphatic carbocycles. The van der Waals surface area contributed by atoms with Gasteiger partial charge in [-0.3, -0.25) is 0 Å². The Labute approximate surface area is 269 Å². The average Bonchev–Trinajstić information content (AvgIpc) is 3.44. The van der Waals surface area contributed by atoms with Gasteiger partial charge >= 0.3 is 0 Å². The van der Waals surface area contributed by atoms with Crippen LogP contribution in [0.5, 0.6) is 11.5 Å². The number of hydrogen-bond acceptors (Lipinski definition) is 8. The van der Waals surface area contributed by atoms with E-state index in [-0.39, 0.29) is 25.4 Å². The number of ether oxygens (including phenoxy) is 4. The fraction of sp³-hybridized carbons (Fsp3) is 0.303. The number of halogens is 3. The van der Waals surface area contributed by atoms with Gasteiger partial charge in [-0.05, 0) is 56.2 Å². The number of hydrogen-bond donors (Lipinski definition) is 1. The van der Waals surface area contributed by atoms with Gasteiger partial charge in [-0.15, -0.1) is 0 Å². The monoisotopic (exact) mass is 651 g/mol. The van der Waals surface area contributed by atoms with Gasteiger partial charge in [0.2, 0.25) is 0 Å². The first kappa shape index (κ1) is 31.0. The highest BCUT2D eigenvalue weighted by Gasteiger charge is 2.31. The minimum Gasteiger partial charge on any atom is -0.497 e. The molecule has 0 unspecified atom stereocenters. The Morgan fingerprint density at radius 3 is 2.64 bits per heavy atom. The quantitative estimate of drug-likeness (QED) is 0.134. The Bertz CT molecular complexity index is 1880. The normalized spacial score (nSPS) is 19.5. The number of nitrogens with zero attached hydrogens (tertiary/aromatic N) is 4. The Balaban J connectivity index is 1.25. The van der Waals surface area contributed by atoms with Gasteiger partial charge in [-0.2, -0.15) is 0 Å². The van der Waals surface area contributed by atoms with Crippen LogP contribution in [0.3, 0.4) is 0 Å². The highest BCUT2D eigenvalue weighted by Crippen LogP contribution is 2.33. The third-order valence-electron chi connectivity index (χ3n) is 7.60. The molecule has 9 nitrogen and oxygen atoms in total. The van der Waals surface area contributed by atoms with Gasteiger partial charge < -0.3 is 28.8 Å². The van der Waals surface area contributed by atoms with E-state index in [0.29, 0.717) is 44.8 Å². The van der Waals surface area contributed by atoms with Crippen molar-refractivity contribution < 1.29 is 23.3 Å². The van der Waals surface area contributed by atoms with Crippen LogP contribution in [0.25, 0.3) is 21.9 Å². The van der Waals surface area contributed by atoms with Crippen molar-refractivity contribution in [1.29, 1.82) is 0 Å². The summed E-state index contributed by atoms with van der Waals surface area (Å²) in [5.41, 5.74) is 2.95. The summed E-state index contributed by atoms with van der Waals surface area (Å²) in [7, 11) is 1.62. The van der Waals surface area contributed by atoms with Gasteiger partial charge in [-0.25, -0.2) is 19.3 Å². The molecule has 6 rings (SSSR count). The number of benzene rings is 2. The van der Waals surface area contributed by atoms with E-state index in [2.05, 4.69) is 20.3 Å². The molecule has 0 amide bonds. The van der Waals surface area contributed by atoms with Gasteiger partial charge in [0.05, 0.1) is 41.8 Å². The van der Waals surface area contributed by atoms with E-state index in [9.17, 15) is 0 Å². The lowest BCUT2D eigenvalue weighted by Gasteiger charge is -2.36. The molecule has 0 radical (unpaired) electrons. The van der Waals surface area contributed by atoms with Crippen LogP contribution >= 0.6 is 23.2 Å². The van der Waals surface area contributed by atoms with Crippen molar-refractivity contribution in [2.75, 3.05) is 25.6 Å². The summed E-state index contributed by atoms with van der Waals surface area (Å²) in [5.74, 6) is 0.183. The van der Waals surface area contributed by atoms with Gasteiger partial charge in [0.1, 0.15) is 46.9 Å². The van der Waals surface area contributed by atoms with E-state index in [0.717, 1.165) is 22.3 Å². The molecule has 5 aromatic rings. The van der Waals surface area contributed by atoms with Crippen molar-refractivity contribution in [2.45, 2.75) is 45.2 Å². The molecule has 4 heterocycles. The van der Waals surface area contributed by atoms with Crippen molar-refractivity contribution in [3.63, 3.8) is 0 Å². The molecule has 3 aromatic heterocycles. The highest BCUT2D eigenvalue weighted by molar-refractivity contribution is 6.34. The first-order valence-electron chi connectivity index (χ1n) is 14.4. The first-order valence-corrected chi connectivity index (χ1v) is 15.1. The molecule has 12 heteroatoms. The van der Waals surface area contributed by atoms with Crippen molar-refractivity contribution >= 4 is 51.0 Å². The van der Waals surface area contributed by atoms with E-state index in [1.807, 2.05) is 67.9 Å². The molecule has 2 atom stereocenters. The molecule has 0 bridgehead atoms. The maximum absolute atomic E-state index is 15.3. The van der Waals surface area contributed by atoms with E-state index < -0.39 is 11.6 Å². The van der Waals surface area contributed by atoms with Crippen LogP contribution in [-0.2, 0) is 16.0 Å². The fourth-order valence-electron chi connectivity index (χ4n) is 5.32. The molecule has 0 fully saturated rings. The largest absolute Gasteiger partial charge is 0.497 e. The molecular weight excluding hydrogens is 620 g/mol. The van der Waals surface area contributed by atoms with Gasteiger partial charge in [-0.1, -0.05) is 41.4 Å². The van der Waals surface area contributed by atoms with E-state index in [1.165, 1.54) is 12.4 Å². The summed E-state index contributed by atoms with van der Waals surface area (Å²) < 4.78 is 40.9. The van der Waals surface area contributed by atoms with Gasteiger partial charge in [0.15, 0.2) is 5.79 Å². The zero-order valence-corrected chi connectivity index (χ0v) is 26.7. The summed E-state index contributed by atoms with van der Waals surface area (Å²) in [6.07, 6.45) is 5.09. The third-order valence-corrected chi connectivity index (χ3v) is 8.19. The molecule has 0 saturated heterocycles. The summed E-state index contributed by atoms with van der Waals surface area (Å²) >= 11 is 12.8. The number of rotatable bonds is 8. The number of methoxy groups -OCH3 is 1. The molecule has 45 heavy (non-hydrogen) atoms. The third kappa shape index (κ3) is 6.84. The summed E-state index contributed by atoms with van der Waals surface area (Å²) in [4.78, 5) is 13.2. The van der Waals surface area contributed by atoms with Gasteiger partial charge in [0.25, 0.3) is 0 Å². The second kappa shape index (κ2) is 12.8. The standard InChI is InChI=1S/C33H32Cl2FN5O4/c1-19-29(41-10-9-24-30(35)38-18-39-32(24)41)11-21(17-44-33(2,3)45-19)16-43-23-12-27(36)25-14-26(34)31(40-28(25)13-23)37-15-20-5-7-22(42-4)8-6-20/h5-14,18-19,29H,15-17H2,1-4H3,(H,37,40)/b21-11-/t19-,29-/m1/s1. The van der Waals surface area contributed by atoms with Crippen LogP contribution in [0.4, 0.5) is 10.2 Å². The predicted octanol–water partition coefficient (Wildman–Crippen LogP) is 7.76. The van der Waals surface area contributed by atoms with Crippen LogP contribution in [0.2, 0.25) is 10.2 Å². The summed E-state index contributed by atoms with van der Waals surface area (Å²) in [6.45, 7) is 6.58. The summed E-state index contributed by atoms with van der Waals surface area (Å²) in [6, 6.07) is 13.9. The Morgan fingerprint density at radius 2 is 1.87 bits per heavy atom. The second-order valence-electron chi connectivity index (χ2n) is 11.2. The van der Waals surface area contributed by atoms with Crippen LogP contribution in [0.15, 0.2) is 72.7 Å². The number of anilines is 1. The number of fused-ring (bicyclic) bond motifs is 2. The maximum atomic E-state index is 15.3. The van der Waals surface area contributed by atoms with Crippen LogP contribution in [-0.4, -0.2) is 51.7 Å².